The number of halogens is 1. The molecule has 5 heteroatoms. The number of piperidine rings is 1. The molecule has 1 aliphatic heterocycles. The Morgan fingerprint density at radius 1 is 1.06 bits per heavy atom. The Morgan fingerprint density at radius 3 is 2.52 bits per heavy atom. The fourth-order valence-corrected chi connectivity index (χ4v) is 4.68. The van der Waals surface area contributed by atoms with Gasteiger partial charge in [-0.3, -0.25) is 14.7 Å². The summed E-state index contributed by atoms with van der Waals surface area (Å²) in [4.78, 5) is 19.4. The van der Waals surface area contributed by atoms with Crippen molar-refractivity contribution in [2.24, 2.45) is 5.41 Å². The van der Waals surface area contributed by atoms with E-state index in [2.05, 4.69) is 39.5 Å². The Labute approximate surface area is 183 Å². The highest BCUT2D eigenvalue weighted by atomic mass is 19.1. The van der Waals surface area contributed by atoms with E-state index in [-0.39, 0.29) is 11.7 Å². The van der Waals surface area contributed by atoms with E-state index in [0.717, 1.165) is 41.6 Å². The number of carbonyl (C=O) groups excluding carboxylic acids is 1. The molecule has 0 aliphatic carbocycles. The number of hydrogen-bond acceptors (Lipinski definition) is 3. The zero-order chi connectivity index (χ0) is 21.7. The van der Waals surface area contributed by atoms with Crippen LogP contribution in [0.3, 0.4) is 0 Å². The van der Waals surface area contributed by atoms with E-state index in [9.17, 15) is 9.18 Å². The fourth-order valence-electron chi connectivity index (χ4n) is 4.68. The Morgan fingerprint density at radius 2 is 1.81 bits per heavy atom. The largest absolute Gasteiger partial charge is 0.359 e. The average Bonchev–Trinajstić information content (AvgIpc) is 2.80. The molecule has 1 aromatic heterocycles. The van der Waals surface area contributed by atoms with Crippen LogP contribution in [0.15, 0.2) is 73.1 Å². The molecule has 0 radical (unpaired) electrons. The van der Waals surface area contributed by atoms with Crippen molar-refractivity contribution in [3.05, 3.63) is 90.0 Å². The van der Waals surface area contributed by atoms with E-state index in [1.54, 1.807) is 31.6 Å². The zero-order valence-corrected chi connectivity index (χ0v) is 17.9. The normalized spacial score (nSPS) is 19.2. The summed E-state index contributed by atoms with van der Waals surface area (Å²) in [5, 5.41) is 2.89. The van der Waals surface area contributed by atoms with Crippen LogP contribution in [-0.4, -0.2) is 35.9 Å². The van der Waals surface area contributed by atoms with Crippen LogP contribution in [0.4, 0.5) is 4.39 Å². The van der Waals surface area contributed by atoms with Gasteiger partial charge in [0.2, 0.25) is 5.91 Å². The minimum atomic E-state index is -0.488. The number of nitrogens with one attached hydrogen (secondary N) is 1. The number of pyridine rings is 1. The molecule has 1 aliphatic rings. The van der Waals surface area contributed by atoms with Gasteiger partial charge in [-0.15, -0.1) is 0 Å². The maximum Gasteiger partial charge on any atom is 0.227 e. The first-order valence-electron chi connectivity index (χ1n) is 10.8. The second-order valence-electron chi connectivity index (χ2n) is 8.41. The van der Waals surface area contributed by atoms with Gasteiger partial charge in [0.25, 0.3) is 0 Å². The maximum absolute atomic E-state index is 13.6. The molecule has 1 N–H and O–H groups in total. The van der Waals surface area contributed by atoms with Gasteiger partial charge in [0, 0.05) is 32.5 Å². The van der Waals surface area contributed by atoms with Gasteiger partial charge in [0.1, 0.15) is 5.82 Å². The molecular weight excluding hydrogens is 389 g/mol. The van der Waals surface area contributed by atoms with E-state index in [1.165, 1.54) is 6.07 Å². The van der Waals surface area contributed by atoms with Crippen LogP contribution in [-0.2, 0) is 17.8 Å². The monoisotopic (exact) mass is 417 g/mol. The Bertz CT molecular complexity index is 1020. The lowest BCUT2D eigenvalue weighted by molar-refractivity contribution is -0.134. The van der Waals surface area contributed by atoms with E-state index in [0.29, 0.717) is 19.5 Å². The first-order chi connectivity index (χ1) is 15.1. The molecule has 4 rings (SSSR count). The van der Waals surface area contributed by atoms with Crippen LogP contribution in [0.25, 0.3) is 11.1 Å². The molecule has 4 nitrogen and oxygen atoms in total. The van der Waals surface area contributed by atoms with Crippen LogP contribution < -0.4 is 5.32 Å². The van der Waals surface area contributed by atoms with Gasteiger partial charge in [0.15, 0.2) is 0 Å². The van der Waals surface area contributed by atoms with Crippen LogP contribution in [0.2, 0.25) is 0 Å². The molecule has 0 unspecified atom stereocenters. The molecule has 2 heterocycles. The van der Waals surface area contributed by atoms with Crippen molar-refractivity contribution in [1.29, 1.82) is 0 Å². The van der Waals surface area contributed by atoms with Crippen molar-refractivity contribution in [3.8, 4) is 11.1 Å². The summed E-state index contributed by atoms with van der Waals surface area (Å²) in [6.07, 6.45) is 6.05. The topological polar surface area (TPSA) is 45.2 Å². The van der Waals surface area contributed by atoms with Gasteiger partial charge in [-0.05, 0) is 72.3 Å². The lowest BCUT2D eigenvalue weighted by Crippen LogP contribution is -2.52. The second kappa shape index (κ2) is 9.40. The summed E-state index contributed by atoms with van der Waals surface area (Å²) < 4.78 is 13.6. The first kappa shape index (κ1) is 21.2. The third kappa shape index (κ3) is 5.00. The van der Waals surface area contributed by atoms with E-state index >= 15 is 0 Å². The molecule has 3 aromatic rings. The first-order valence-corrected chi connectivity index (χ1v) is 10.8. The molecule has 0 bridgehead atoms. The van der Waals surface area contributed by atoms with Crippen molar-refractivity contribution in [2.75, 3.05) is 20.1 Å². The van der Waals surface area contributed by atoms with E-state index < -0.39 is 5.41 Å². The van der Waals surface area contributed by atoms with Gasteiger partial charge in [0.05, 0.1) is 5.41 Å². The van der Waals surface area contributed by atoms with Gasteiger partial charge in [-0.25, -0.2) is 4.39 Å². The summed E-state index contributed by atoms with van der Waals surface area (Å²) in [6, 6.07) is 19.2. The van der Waals surface area contributed by atoms with Crippen LogP contribution in [0.1, 0.15) is 24.0 Å². The number of likely N-dealkylation sites (tertiary alicyclic amines) is 1. The van der Waals surface area contributed by atoms with E-state index in [4.69, 9.17) is 0 Å². The van der Waals surface area contributed by atoms with Crippen molar-refractivity contribution in [2.45, 2.75) is 25.8 Å². The number of rotatable bonds is 6. The second-order valence-corrected chi connectivity index (χ2v) is 8.41. The predicted octanol–water partition coefficient (Wildman–Crippen LogP) is 4.46. The summed E-state index contributed by atoms with van der Waals surface area (Å²) >= 11 is 0. The maximum atomic E-state index is 13.6. The van der Waals surface area contributed by atoms with Crippen molar-refractivity contribution in [1.82, 2.24) is 15.2 Å². The molecule has 1 saturated heterocycles. The third-order valence-corrected chi connectivity index (χ3v) is 6.17. The van der Waals surface area contributed by atoms with Crippen LogP contribution >= 0.6 is 0 Å². The summed E-state index contributed by atoms with van der Waals surface area (Å²) in [5.41, 5.74) is 3.86. The molecule has 1 amide bonds. The lowest BCUT2D eigenvalue weighted by Gasteiger charge is -2.41. The van der Waals surface area contributed by atoms with Gasteiger partial charge < -0.3 is 5.32 Å². The fraction of sp³-hybridized carbons (Fsp3) is 0.308. The zero-order valence-electron chi connectivity index (χ0n) is 17.9. The quantitative estimate of drug-likeness (QED) is 0.644. The van der Waals surface area contributed by atoms with Crippen molar-refractivity contribution < 1.29 is 9.18 Å². The highest BCUT2D eigenvalue weighted by Gasteiger charge is 2.41. The highest BCUT2D eigenvalue weighted by molar-refractivity contribution is 5.83. The number of amides is 1. The molecule has 2 aromatic carbocycles. The smallest absolute Gasteiger partial charge is 0.227 e. The Hall–Kier alpha value is -3.05. The predicted molar refractivity (Wildman–Crippen MR) is 121 cm³/mol. The summed E-state index contributed by atoms with van der Waals surface area (Å²) in [6.45, 7) is 2.23. The Kier molecular flexibility index (Phi) is 6.42. The number of benzene rings is 2. The Balaban J connectivity index is 1.53. The molecular formula is C26H28FN3O. The summed E-state index contributed by atoms with van der Waals surface area (Å²) in [5.74, 6) is -0.143. The van der Waals surface area contributed by atoms with Gasteiger partial charge in [-0.1, -0.05) is 36.4 Å². The number of carbonyl (C=O) groups is 1. The number of nitrogens with zero attached hydrogens (tertiary/aromatic N) is 2. The molecule has 0 spiro atoms. The van der Waals surface area contributed by atoms with Gasteiger partial charge in [-0.2, -0.15) is 0 Å². The van der Waals surface area contributed by atoms with Gasteiger partial charge >= 0.3 is 0 Å². The molecule has 160 valence electrons. The van der Waals surface area contributed by atoms with E-state index in [1.807, 2.05) is 18.2 Å². The SMILES string of the molecule is CNC(=O)[C@]1(Cc2ccc(-c3ccncc3)cc2)CCCN(Cc2cccc(F)c2)C1. The van der Waals surface area contributed by atoms with Crippen LogP contribution in [0, 0.1) is 11.2 Å². The minimum Gasteiger partial charge on any atom is -0.359 e. The van der Waals surface area contributed by atoms with Crippen molar-refractivity contribution >= 4 is 5.91 Å². The number of aromatic nitrogens is 1. The molecule has 31 heavy (non-hydrogen) atoms. The van der Waals surface area contributed by atoms with Crippen LogP contribution in [0.5, 0.6) is 0 Å². The van der Waals surface area contributed by atoms with Crippen molar-refractivity contribution in [3.63, 3.8) is 0 Å². The molecule has 1 fully saturated rings. The lowest BCUT2D eigenvalue weighted by atomic mass is 9.74. The number of hydrogen-bond donors (Lipinski definition) is 1. The standard InChI is InChI=1S/C26H28FN3O/c1-28-25(31)26(12-3-15-30(19-26)18-21-4-2-5-24(27)16-21)17-20-6-8-22(9-7-20)23-10-13-29-14-11-23/h2,4-11,13-14,16H,3,12,15,17-19H2,1H3,(H,28,31)/t26-/m0/s1. The third-order valence-electron chi connectivity index (χ3n) is 6.17. The highest BCUT2D eigenvalue weighted by Crippen LogP contribution is 2.35. The minimum absolute atomic E-state index is 0.0784. The molecule has 1 atom stereocenters. The average molecular weight is 418 g/mol. The molecule has 0 saturated carbocycles. The summed E-state index contributed by atoms with van der Waals surface area (Å²) in [7, 11) is 1.71.